The molecule has 1 aromatic carbocycles. The fourth-order valence-electron chi connectivity index (χ4n) is 1.47. The summed E-state index contributed by atoms with van der Waals surface area (Å²) in [7, 11) is 0. The Morgan fingerprint density at radius 1 is 1.41 bits per heavy atom. The van der Waals surface area contributed by atoms with Gasteiger partial charge < -0.3 is 15.5 Å². The topological polar surface area (TPSA) is 69.6 Å². The van der Waals surface area contributed by atoms with Crippen LogP contribution in [0.15, 0.2) is 18.2 Å². The van der Waals surface area contributed by atoms with Crippen molar-refractivity contribution >= 4 is 5.91 Å². The second-order valence-electron chi connectivity index (χ2n) is 4.81. The number of hydrogen-bond acceptors (Lipinski definition) is 3. The lowest BCUT2D eigenvalue weighted by Crippen LogP contribution is -2.44. The van der Waals surface area contributed by atoms with E-state index in [1.165, 1.54) is 6.07 Å². The van der Waals surface area contributed by atoms with Gasteiger partial charge in [0.05, 0.1) is 0 Å². The molecule has 0 saturated heterocycles. The van der Waals surface area contributed by atoms with Gasteiger partial charge in [-0.1, -0.05) is 6.07 Å². The van der Waals surface area contributed by atoms with Gasteiger partial charge in [0.2, 0.25) is 0 Å². The molecule has 4 nitrogen and oxygen atoms in total. The third-order valence-corrected chi connectivity index (χ3v) is 2.66. The van der Waals surface area contributed by atoms with E-state index in [0.29, 0.717) is 12.0 Å². The molecule has 0 aliphatic carbocycles. The first-order valence-corrected chi connectivity index (χ1v) is 5.59. The zero-order valence-corrected chi connectivity index (χ0v) is 10.4. The lowest BCUT2D eigenvalue weighted by Gasteiger charge is -2.25. The molecule has 0 spiro atoms. The predicted molar refractivity (Wildman–Crippen MR) is 66.1 cm³/mol. The number of amides is 1. The highest BCUT2D eigenvalue weighted by Gasteiger charge is 2.20. The molecular weight excluding hydrogens is 218 g/mol. The molecule has 0 aromatic heterocycles. The van der Waals surface area contributed by atoms with E-state index < -0.39 is 5.54 Å². The first-order valence-electron chi connectivity index (χ1n) is 5.59. The first-order chi connectivity index (χ1) is 7.85. The largest absolute Gasteiger partial charge is 0.508 e. The molecule has 0 atom stereocenters. The third-order valence-electron chi connectivity index (χ3n) is 2.66. The fourth-order valence-corrected chi connectivity index (χ4v) is 1.47. The number of rotatable bonds is 4. The van der Waals surface area contributed by atoms with E-state index in [1.54, 1.807) is 19.1 Å². The molecule has 0 saturated carbocycles. The summed E-state index contributed by atoms with van der Waals surface area (Å²) in [6, 6.07) is 4.81. The average Bonchev–Trinajstić information content (AvgIpc) is 2.21. The van der Waals surface area contributed by atoms with Crippen LogP contribution in [0.5, 0.6) is 5.75 Å². The minimum atomic E-state index is -0.466. The van der Waals surface area contributed by atoms with Gasteiger partial charge >= 0.3 is 0 Å². The summed E-state index contributed by atoms with van der Waals surface area (Å²) < 4.78 is 0. The van der Waals surface area contributed by atoms with Crippen molar-refractivity contribution < 1.29 is 15.0 Å². The highest BCUT2D eigenvalue weighted by atomic mass is 16.3. The molecule has 94 valence electrons. The van der Waals surface area contributed by atoms with Gasteiger partial charge in [-0.05, 0) is 44.9 Å². The third kappa shape index (κ3) is 3.75. The number of carbonyl (C=O) groups excluding carboxylic acids is 1. The van der Waals surface area contributed by atoms with Crippen LogP contribution in [-0.2, 0) is 0 Å². The molecule has 0 fully saturated rings. The molecule has 17 heavy (non-hydrogen) atoms. The van der Waals surface area contributed by atoms with Crippen LogP contribution >= 0.6 is 0 Å². The maximum absolute atomic E-state index is 11.9. The SMILES string of the molecule is Cc1ccc(C(=O)NC(C)(C)CCO)cc1O. The van der Waals surface area contributed by atoms with Crippen molar-refractivity contribution in [3.05, 3.63) is 29.3 Å². The Bertz CT molecular complexity index is 413. The summed E-state index contributed by atoms with van der Waals surface area (Å²) in [5.74, 6) is -0.142. The van der Waals surface area contributed by atoms with Crippen LogP contribution in [0.3, 0.4) is 0 Å². The molecule has 0 radical (unpaired) electrons. The maximum Gasteiger partial charge on any atom is 0.251 e. The Hall–Kier alpha value is -1.55. The van der Waals surface area contributed by atoms with Crippen LogP contribution in [0.1, 0.15) is 36.2 Å². The molecule has 0 heterocycles. The van der Waals surface area contributed by atoms with E-state index >= 15 is 0 Å². The second kappa shape index (κ2) is 5.19. The number of aliphatic hydroxyl groups is 1. The monoisotopic (exact) mass is 237 g/mol. The Morgan fingerprint density at radius 3 is 2.59 bits per heavy atom. The van der Waals surface area contributed by atoms with E-state index in [4.69, 9.17) is 5.11 Å². The van der Waals surface area contributed by atoms with E-state index in [1.807, 2.05) is 13.8 Å². The molecule has 0 unspecified atom stereocenters. The summed E-state index contributed by atoms with van der Waals surface area (Å²) >= 11 is 0. The van der Waals surface area contributed by atoms with Crippen molar-refractivity contribution in [2.75, 3.05) is 6.61 Å². The summed E-state index contributed by atoms with van der Waals surface area (Å²) in [6.45, 7) is 5.48. The van der Waals surface area contributed by atoms with Gasteiger partial charge in [-0.15, -0.1) is 0 Å². The number of phenols is 1. The summed E-state index contributed by atoms with van der Waals surface area (Å²) in [6.07, 6.45) is 0.483. The highest BCUT2D eigenvalue weighted by molar-refractivity contribution is 5.95. The molecule has 4 heteroatoms. The highest BCUT2D eigenvalue weighted by Crippen LogP contribution is 2.18. The van der Waals surface area contributed by atoms with E-state index in [-0.39, 0.29) is 18.3 Å². The number of phenolic OH excluding ortho intramolecular Hbond substituents is 1. The quantitative estimate of drug-likeness (QED) is 0.744. The number of nitrogens with one attached hydrogen (secondary N) is 1. The van der Waals surface area contributed by atoms with Crippen molar-refractivity contribution in [2.24, 2.45) is 0 Å². The van der Waals surface area contributed by atoms with E-state index in [2.05, 4.69) is 5.32 Å². The van der Waals surface area contributed by atoms with E-state index in [0.717, 1.165) is 5.56 Å². The average molecular weight is 237 g/mol. The number of aliphatic hydroxyl groups excluding tert-OH is 1. The molecule has 1 rings (SSSR count). The van der Waals surface area contributed by atoms with Crippen LogP contribution in [0, 0.1) is 6.92 Å². The molecule has 0 aliphatic heterocycles. The molecular formula is C13H19NO3. The lowest BCUT2D eigenvalue weighted by atomic mass is 10.0. The molecule has 0 aliphatic rings. The van der Waals surface area contributed by atoms with Crippen molar-refractivity contribution in [3.8, 4) is 5.75 Å². The van der Waals surface area contributed by atoms with Crippen molar-refractivity contribution in [1.82, 2.24) is 5.32 Å². The summed E-state index contributed by atoms with van der Waals surface area (Å²) in [4.78, 5) is 11.9. The molecule has 0 bridgehead atoms. The van der Waals surface area contributed by atoms with Crippen LogP contribution in [0.2, 0.25) is 0 Å². The molecule has 1 aromatic rings. The van der Waals surface area contributed by atoms with Gasteiger partial charge in [0.15, 0.2) is 0 Å². The summed E-state index contributed by atoms with van der Waals surface area (Å²) in [5, 5.41) is 21.2. The van der Waals surface area contributed by atoms with Gasteiger partial charge in [-0.25, -0.2) is 0 Å². The zero-order valence-electron chi connectivity index (χ0n) is 10.4. The normalized spacial score (nSPS) is 11.3. The number of hydrogen-bond donors (Lipinski definition) is 3. The Morgan fingerprint density at radius 2 is 2.06 bits per heavy atom. The van der Waals surface area contributed by atoms with Gasteiger partial charge in [-0.3, -0.25) is 4.79 Å². The standard InChI is InChI=1S/C13H19NO3/c1-9-4-5-10(8-11(9)16)12(17)14-13(2,3)6-7-15/h4-5,8,15-16H,6-7H2,1-3H3,(H,14,17). The number of aryl methyl sites for hydroxylation is 1. The van der Waals surface area contributed by atoms with Crippen LogP contribution in [-0.4, -0.2) is 28.3 Å². The van der Waals surface area contributed by atoms with Gasteiger partial charge in [0.1, 0.15) is 5.75 Å². The number of aromatic hydroxyl groups is 1. The minimum Gasteiger partial charge on any atom is -0.508 e. The van der Waals surface area contributed by atoms with Gasteiger partial charge in [-0.2, -0.15) is 0 Å². The number of carbonyl (C=O) groups is 1. The number of benzene rings is 1. The van der Waals surface area contributed by atoms with Crippen LogP contribution < -0.4 is 5.32 Å². The Kier molecular flexibility index (Phi) is 4.12. The second-order valence-corrected chi connectivity index (χ2v) is 4.81. The lowest BCUT2D eigenvalue weighted by molar-refractivity contribution is 0.0899. The smallest absolute Gasteiger partial charge is 0.251 e. The molecule has 1 amide bonds. The van der Waals surface area contributed by atoms with Gasteiger partial charge in [0.25, 0.3) is 5.91 Å². The van der Waals surface area contributed by atoms with Crippen LogP contribution in [0.4, 0.5) is 0 Å². The fraction of sp³-hybridized carbons (Fsp3) is 0.462. The van der Waals surface area contributed by atoms with E-state index in [9.17, 15) is 9.90 Å². The minimum absolute atomic E-state index is 0.0203. The molecule has 3 N–H and O–H groups in total. The van der Waals surface area contributed by atoms with Crippen LogP contribution in [0.25, 0.3) is 0 Å². The zero-order chi connectivity index (χ0) is 13.1. The summed E-state index contributed by atoms with van der Waals surface area (Å²) in [5.41, 5.74) is 0.682. The van der Waals surface area contributed by atoms with Crippen molar-refractivity contribution in [2.45, 2.75) is 32.7 Å². The maximum atomic E-state index is 11.9. The first kappa shape index (κ1) is 13.5. The Balaban J connectivity index is 2.80. The van der Waals surface area contributed by atoms with Gasteiger partial charge in [0, 0.05) is 17.7 Å². The Labute approximate surface area is 101 Å². The van der Waals surface area contributed by atoms with Crippen molar-refractivity contribution in [3.63, 3.8) is 0 Å². The predicted octanol–water partition coefficient (Wildman–Crippen LogP) is 1.59. The van der Waals surface area contributed by atoms with Crippen molar-refractivity contribution in [1.29, 1.82) is 0 Å².